The Morgan fingerprint density at radius 2 is 1.89 bits per heavy atom. The van der Waals surface area contributed by atoms with Gasteiger partial charge in [0.2, 0.25) is 0 Å². The maximum absolute atomic E-state index is 12.8. The number of nitrogens with zero attached hydrogens (tertiary/aromatic N) is 2. The molecular weight excluding hydrogens is 346 g/mol. The summed E-state index contributed by atoms with van der Waals surface area (Å²) in [6.07, 6.45) is 0. The van der Waals surface area contributed by atoms with Crippen molar-refractivity contribution in [3.05, 3.63) is 74.6 Å². The van der Waals surface area contributed by atoms with Gasteiger partial charge in [-0.1, -0.05) is 30.3 Å². The van der Waals surface area contributed by atoms with Crippen molar-refractivity contribution >= 4 is 16.7 Å². The lowest BCUT2D eigenvalue weighted by Crippen LogP contribution is -2.43. The number of fused-ring (bicyclic) bond motifs is 1. The van der Waals surface area contributed by atoms with Gasteiger partial charge in [-0.15, -0.1) is 0 Å². The number of benzene rings is 2. The van der Waals surface area contributed by atoms with Crippen LogP contribution in [0.25, 0.3) is 22.1 Å². The van der Waals surface area contributed by atoms with Crippen LogP contribution in [0.3, 0.4) is 0 Å². The molecule has 0 saturated carbocycles. The van der Waals surface area contributed by atoms with E-state index in [4.69, 9.17) is 4.42 Å². The molecule has 27 heavy (non-hydrogen) atoms. The molecule has 0 spiro atoms. The van der Waals surface area contributed by atoms with Crippen molar-refractivity contribution in [2.24, 2.45) is 0 Å². The lowest BCUT2D eigenvalue weighted by molar-refractivity contribution is -0.384. The normalized spacial score (nSPS) is 15.1. The van der Waals surface area contributed by atoms with E-state index in [1.165, 1.54) is 12.1 Å². The zero-order valence-corrected chi connectivity index (χ0v) is 14.7. The van der Waals surface area contributed by atoms with E-state index < -0.39 is 10.5 Å². The summed E-state index contributed by atoms with van der Waals surface area (Å²) in [5.74, 6) is 0. The van der Waals surface area contributed by atoms with Gasteiger partial charge in [0.15, 0.2) is 0 Å². The maximum atomic E-state index is 12.8. The average molecular weight is 365 g/mol. The van der Waals surface area contributed by atoms with Crippen molar-refractivity contribution in [3.63, 3.8) is 0 Å². The molecule has 0 amide bonds. The molecule has 4 rings (SSSR count). The largest absolute Gasteiger partial charge is 0.422 e. The van der Waals surface area contributed by atoms with E-state index in [1.54, 1.807) is 24.3 Å². The summed E-state index contributed by atoms with van der Waals surface area (Å²) in [5.41, 5.74) is 1.98. The van der Waals surface area contributed by atoms with Crippen LogP contribution in [0.2, 0.25) is 0 Å². The van der Waals surface area contributed by atoms with Crippen molar-refractivity contribution < 1.29 is 9.34 Å². The van der Waals surface area contributed by atoms with Crippen LogP contribution < -0.4 is 10.9 Å². The number of nitro groups is 1. The predicted octanol–water partition coefficient (Wildman–Crippen LogP) is 2.77. The second-order valence-corrected chi connectivity index (χ2v) is 6.57. The van der Waals surface area contributed by atoms with E-state index >= 15 is 0 Å². The van der Waals surface area contributed by atoms with Gasteiger partial charge in [-0.05, 0) is 11.6 Å². The third kappa shape index (κ3) is 3.47. The Kier molecular flexibility index (Phi) is 4.70. The highest BCUT2D eigenvalue weighted by molar-refractivity contribution is 5.95. The third-order valence-corrected chi connectivity index (χ3v) is 4.84. The Labute approximate surface area is 155 Å². The Bertz CT molecular complexity index is 1050. The highest BCUT2D eigenvalue weighted by atomic mass is 16.6. The summed E-state index contributed by atoms with van der Waals surface area (Å²) < 4.78 is 5.54. The van der Waals surface area contributed by atoms with Crippen LogP contribution in [-0.2, 0) is 6.54 Å². The fourth-order valence-corrected chi connectivity index (χ4v) is 3.53. The average Bonchev–Trinajstić information content (AvgIpc) is 2.69. The molecule has 3 aromatic rings. The smallest absolute Gasteiger partial charge is 0.341 e. The molecule has 0 bridgehead atoms. The molecule has 0 aliphatic carbocycles. The van der Waals surface area contributed by atoms with Crippen molar-refractivity contribution in [2.75, 3.05) is 26.2 Å². The Morgan fingerprint density at radius 3 is 2.67 bits per heavy atom. The van der Waals surface area contributed by atoms with Crippen molar-refractivity contribution in [2.45, 2.75) is 6.54 Å². The SMILES string of the molecule is O=c1oc2ccccc2c(-c2cccc([N+](=O)[O-])c2)c1CN1CCNCC1. The number of para-hydroxylation sites is 1. The monoisotopic (exact) mass is 365 g/mol. The summed E-state index contributed by atoms with van der Waals surface area (Å²) in [7, 11) is 0. The van der Waals surface area contributed by atoms with Gasteiger partial charge in [0, 0.05) is 55.8 Å². The minimum absolute atomic E-state index is 0.00190. The lowest BCUT2D eigenvalue weighted by Gasteiger charge is -2.27. The van der Waals surface area contributed by atoms with Crippen LogP contribution in [0.4, 0.5) is 5.69 Å². The molecule has 1 fully saturated rings. The first-order valence-electron chi connectivity index (χ1n) is 8.86. The number of hydrogen-bond acceptors (Lipinski definition) is 6. The Morgan fingerprint density at radius 1 is 1.11 bits per heavy atom. The summed E-state index contributed by atoms with van der Waals surface area (Å²) in [5, 5.41) is 15.3. The summed E-state index contributed by atoms with van der Waals surface area (Å²) in [6, 6.07) is 13.7. The molecule has 7 nitrogen and oxygen atoms in total. The topological polar surface area (TPSA) is 88.6 Å². The lowest BCUT2D eigenvalue weighted by atomic mass is 9.96. The first-order chi connectivity index (χ1) is 13.1. The number of non-ortho nitro benzene ring substituents is 1. The minimum Gasteiger partial charge on any atom is -0.422 e. The van der Waals surface area contributed by atoms with Gasteiger partial charge >= 0.3 is 5.63 Å². The highest BCUT2D eigenvalue weighted by Gasteiger charge is 2.21. The molecule has 0 radical (unpaired) electrons. The molecule has 1 saturated heterocycles. The van der Waals surface area contributed by atoms with Crippen LogP contribution in [0, 0.1) is 10.1 Å². The van der Waals surface area contributed by atoms with Crippen molar-refractivity contribution in [3.8, 4) is 11.1 Å². The van der Waals surface area contributed by atoms with Gasteiger partial charge in [-0.25, -0.2) is 4.79 Å². The molecule has 0 atom stereocenters. The maximum Gasteiger partial charge on any atom is 0.341 e. The van der Waals surface area contributed by atoms with E-state index in [1.807, 2.05) is 12.1 Å². The van der Waals surface area contributed by atoms with Gasteiger partial charge in [0.1, 0.15) is 5.58 Å². The number of nitro benzene ring substituents is 1. The molecule has 138 valence electrons. The number of nitrogens with one attached hydrogen (secondary N) is 1. The summed E-state index contributed by atoms with van der Waals surface area (Å²) >= 11 is 0. The third-order valence-electron chi connectivity index (χ3n) is 4.84. The summed E-state index contributed by atoms with van der Waals surface area (Å²) in [6.45, 7) is 3.85. The number of piperazine rings is 1. The second-order valence-electron chi connectivity index (χ2n) is 6.57. The molecular formula is C20H19N3O4. The second kappa shape index (κ2) is 7.30. The van der Waals surface area contributed by atoms with Crippen LogP contribution in [-0.4, -0.2) is 36.0 Å². The van der Waals surface area contributed by atoms with E-state index in [9.17, 15) is 14.9 Å². The van der Waals surface area contributed by atoms with Crippen LogP contribution in [0.15, 0.2) is 57.7 Å². The van der Waals surface area contributed by atoms with Gasteiger partial charge in [0.25, 0.3) is 5.69 Å². The van der Waals surface area contributed by atoms with E-state index in [-0.39, 0.29) is 5.69 Å². The number of hydrogen-bond donors (Lipinski definition) is 1. The minimum atomic E-state index is -0.424. The standard InChI is InChI=1S/C20H19N3O4/c24-20-17(13-22-10-8-21-9-11-22)19(16-6-1-2-7-18(16)27-20)14-4-3-5-15(12-14)23(25)26/h1-7,12,21H,8-11,13H2. The summed E-state index contributed by atoms with van der Waals surface area (Å²) in [4.78, 5) is 25.8. The fraction of sp³-hybridized carbons (Fsp3) is 0.250. The first kappa shape index (κ1) is 17.4. The Balaban J connectivity index is 1.92. The predicted molar refractivity (Wildman–Crippen MR) is 103 cm³/mol. The highest BCUT2D eigenvalue weighted by Crippen LogP contribution is 2.33. The van der Waals surface area contributed by atoms with E-state index in [0.717, 1.165) is 31.6 Å². The van der Waals surface area contributed by atoms with Gasteiger partial charge in [0.05, 0.1) is 10.5 Å². The Hall–Kier alpha value is -3.03. The van der Waals surface area contributed by atoms with Gasteiger partial charge in [-0.2, -0.15) is 0 Å². The molecule has 2 heterocycles. The van der Waals surface area contributed by atoms with Crippen LogP contribution >= 0.6 is 0 Å². The molecule has 2 aromatic carbocycles. The molecule has 1 aromatic heterocycles. The zero-order valence-electron chi connectivity index (χ0n) is 14.7. The zero-order chi connectivity index (χ0) is 18.8. The quantitative estimate of drug-likeness (QED) is 0.434. The molecule has 0 unspecified atom stereocenters. The van der Waals surface area contributed by atoms with Gasteiger partial charge < -0.3 is 9.73 Å². The number of rotatable bonds is 4. The van der Waals surface area contributed by atoms with E-state index in [2.05, 4.69) is 10.2 Å². The van der Waals surface area contributed by atoms with Crippen LogP contribution in [0.5, 0.6) is 0 Å². The van der Waals surface area contributed by atoms with Gasteiger partial charge in [-0.3, -0.25) is 15.0 Å². The molecule has 1 aliphatic rings. The molecule has 1 N–H and O–H groups in total. The van der Waals surface area contributed by atoms with Crippen LogP contribution in [0.1, 0.15) is 5.56 Å². The first-order valence-corrected chi connectivity index (χ1v) is 8.86. The fourth-order valence-electron chi connectivity index (χ4n) is 3.53. The van der Waals surface area contributed by atoms with Crippen molar-refractivity contribution in [1.82, 2.24) is 10.2 Å². The molecule has 1 aliphatic heterocycles. The van der Waals surface area contributed by atoms with E-state index in [0.29, 0.717) is 28.8 Å². The van der Waals surface area contributed by atoms with Crippen molar-refractivity contribution in [1.29, 1.82) is 0 Å². The molecule has 7 heteroatoms.